The van der Waals surface area contributed by atoms with Gasteiger partial charge in [0.25, 0.3) is 0 Å². The fourth-order valence-electron chi connectivity index (χ4n) is 1.50. The third kappa shape index (κ3) is 4.95. The molecule has 0 bridgehead atoms. The summed E-state index contributed by atoms with van der Waals surface area (Å²) >= 11 is 0. The molecule has 2 amide bonds. The SMILES string of the molecule is COC(=O)C[C@H](C)NC(=O)Nc1ccc(F)c(C)c1. The number of rotatable bonds is 4. The molecule has 0 saturated heterocycles. The largest absolute Gasteiger partial charge is 0.469 e. The molecular weight excluding hydrogens is 251 g/mol. The summed E-state index contributed by atoms with van der Waals surface area (Å²) in [5, 5.41) is 5.15. The number of halogens is 1. The molecule has 1 rings (SSSR count). The normalized spacial score (nSPS) is 11.6. The van der Waals surface area contributed by atoms with E-state index in [1.807, 2.05) is 0 Å². The standard InChI is InChI=1S/C13H17FN2O3/c1-8-6-10(4-5-11(8)14)16-13(18)15-9(2)7-12(17)19-3/h4-6,9H,7H2,1-3H3,(H2,15,16,18)/t9-/m0/s1. The van der Waals surface area contributed by atoms with E-state index in [9.17, 15) is 14.0 Å². The average molecular weight is 268 g/mol. The molecule has 0 aliphatic rings. The van der Waals surface area contributed by atoms with Gasteiger partial charge in [0.15, 0.2) is 0 Å². The summed E-state index contributed by atoms with van der Waals surface area (Å²) in [6, 6.07) is 3.46. The number of ether oxygens (including phenoxy) is 1. The number of hydrogen-bond acceptors (Lipinski definition) is 3. The summed E-state index contributed by atoms with van der Waals surface area (Å²) in [7, 11) is 1.29. The fraction of sp³-hybridized carbons (Fsp3) is 0.385. The second kappa shape index (κ2) is 6.72. The van der Waals surface area contributed by atoms with E-state index in [1.165, 1.54) is 25.3 Å². The molecule has 1 aromatic carbocycles. The zero-order chi connectivity index (χ0) is 14.4. The van der Waals surface area contributed by atoms with E-state index >= 15 is 0 Å². The predicted octanol–water partition coefficient (Wildman–Crippen LogP) is 2.21. The first-order chi connectivity index (χ1) is 8.92. The number of hydrogen-bond donors (Lipinski definition) is 2. The monoisotopic (exact) mass is 268 g/mol. The molecule has 0 spiro atoms. The summed E-state index contributed by atoms with van der Waals surface area (Å²) in [4.78, 5) is 22.6. The molecule has 19 heavy (non-hydrogen) atoms. The Morgan fingerprint density at radius 1 is 1.42 bits per heavy atom. The maximum absolute atomic E-state index is 13.0. The molecule has 2 N–H and O–H groups in total. The number of aryl methyl sites for hydroxylation is 1. The van der Waals surface area contributed by atoms with Gasteiger partial charge in [-0.1, -0.05) is 0 Å². The fourth-order valence-corrected chi connectivity index (χ4v) is 1.50. The maximum Gasteiger partial charge on any atom is 0.319 e. The molecule has 0 aliphatic heterocycles. The Labute approximate surface area is 111 Å². The molecule has 1 aromatic rings. The van der Waals surface area contributed by atoms with Crippen LogP contribution in [0.25, 0.3) is 0 Å². The van der Waals surface area contributed by atoms with Gasteiger partial charge in [0.2, 0.25) is 0 Å². The number of nitrogens with one attached hydrogen (secondary N) is 2. The second-order valence-corrected chi connectivity index (χ2v) is 4.24. The van der Waals surface area contributed by atoms with E-state index in [0.29, 0.717) is 11.3 Å². The van der Waals surface area contributed by atoms with Crippen LogP contribution in [0.1, 0.15) is 18.9 Å². The van der Waals surface area contributed by atoms with E-state index in [2.05, 4.69) is 15.4 Å². The topological polar surface area (TPSA) is 67.4 Å². The van der Waals surface area contributed by atoms with Crippen molar-refractivity contribution < 1.29 is 18.7 Å². The number of carbonyl (C=O) groups excluding carboxylic acids is 2. The molecule has 5 nitrogen and oxygen atoms in total. The van der Waals surface area contributed by atoms with E-state index in [1.54, 1.807) is 13.8 Å². The van der Waals surface area contributed by atoms with Crippen LogP contribution in [-0.2, 0) is 9.53 Å². The Kier molecular flexibility index (Phi) is 5.29. The number of anilines is 1. The van der Waals surface area contributed by atoms with Crippen molar-refractivity contribution in [2.45, 2.75) is 26.3 Å². The zero-order valence-corrected chi connectivity index (χ0v) is 11.1. The van der Waals surface area contributed by atoms with E-state index in [4.69, 9.17) is 0 Å². The third-order valence-corrected chi connectivity index (χ3v) is 2.49. The molecular formula is C13H17FN2O3. The number of benzene rings is 1. The number of carbonyl (C=O) groups is 2. The summed E-state index contributed by atoms with van der Waals surface area (Å²) in [6.07, 6.45) is 0.0896. The summed E-state index contributed by atoms with van der Waals surface area (Å²) < 4.78 is 17.5. The van der Waals surface area contributed by atoms with Crippen LogP contribution in [0.15, 0.2) is 18.2 Å². The van der Waals surface area contributed by atoms with Gasteiger partial charge >= 0.3 is 12.0 Å². The van der Waals surface area contributed by atoms with Crippen molar-refractivity contribution in [1.29, 1.82) is 0 Å². The minimum Gasteiger partial charge on any atom is -0.469 e. The molecule has 0 unspecified atom stereocenters. The van der Waals surface area contributed by atoms with Gasteiger partial charge in [-0.15, -0.1) is 0 Å². The maximum atomic E-state index is 13.0. The highest BCUT2D eigenvalue weighted by Gasteiger charge is 2.12. The van der Waals surface area contributed by atoms with Crippen molar-refractivity contribution in [2.24, 2.45) is 0 Å². The molecule has 6 heteroatoms. The quantitative estimate of drug-likeness (QED) is 0.823. The van der Waals surface area contributed by atoms with Crippen LogP contribution in [0.2, 0.25) is 0 Å². The first-order valence-corrected chi connectivity index (χ1v) is 5.83. The van der Waals surface area contributed by atoms with Crippen LogP contribution in [0, 0.1) is 12.7 Å². The lowest BCUT2D eigenvalue weighted by Crippen LogP contribution is -2.37. The Morgan fingerprint density at radius 2 is 2.11 bits per heavy atom. The molecule has 0 saturated carbocycles. The predicted molar refractivity (Wildman–Crippen MR) is 69.4 cm³/mol. The minimum absolute atomic E-state index is 0.0896. The summed E-state index contributed by atoms with van der Waals surface area (Å²) in [5.74, 6) is -0.726. The lowest BCUT2D eigenvalue weighted by molar-refractivity contribution is -0.141. The van der Waals surface area contributed by atoms with Gasteiger partial charge < -0.3 is 15.4 Å². The number of amides is 2. The van der Waals surface area contributed by atoms with Crippen molar-refractivity contribution in [2.75, 3.05) is 12.4 Å². The minimum atomic E-state index is -0.456. The highest BCUT2D eigenvalue weighted by Crippen LogP contribution is 2.13. The molecule has 1 atom stereocenters. The highest BCUT2D eigenvalue weighted by molar-refractivity contribution is 5.89. The number of esters is 1. The first kappa shape index (κ1) is 14.9. The van der Waals surface area contributed by atoms with Crippen molar-refractivity contribution in [3.63, 3.8) is 0 Å². The molecule has 0 radical (unpaired) electrons. The van der Waals surface area contributed by atoms with Gasteiger partial charge in [0, 0.05) is 11.7 Å². The number of urea groups is 1. The van der Waals surface area contributed by atoms with E-state index < -0.39 is 12.0 Å². The number of methoxy groups -OCH3 is 1. The lowest BCUT2D eigenvalue weighted by Gasteiger charge is -2.13. The van der Waals surface area contributed by atoms with Gasteiger partial charge in [0.1, 0.15) is 5.82 Å². The van der Waals surface area contributed by atoms with Gasteiger partial charge in [-0.2, -0.15) is 0 Å². The Morgan fingerprint density at radius 3 is 2.68 bits per heavy atom. The van der Waals surface area contributed by atoms with Crippen molar-refractivity contribution in [3.8, 4) is 0 Å². The van der Waals surface area contributed by atoms with Crippen molar-refractivity contribution in [1.82, 2.24) is 5.32 Å². The smallest absolute Gasteiger partial charge is 0.319 e. The van der Waals surface area contributed by atoms with Crippen LogP contribution in [0.4, 0.5) is 14.9 Å². The van der Waals surface area contributed by atoms with Gasteiger partial charge in [-0.05, 0) is 37.6 Å². The van der Waals surface area contributed by atoms with E-state index in [-0.39, 0.29) is 18.3 Å². The average Bonchev–Trinajstić information content (AvgIpc) is 2.33. The third-order valence-electron chi connectivity index (χ3n) is 2.49. The Balaban J connectivity index is 2.50. The molecule has 0 aliphatic carbocycles. The molecule has 0 aromatic heterocycles. The lowest BCUT2D eigenvalue weighted by atomic mass is 10.2. The van der Waals surface area contributed by atoms with Crippen LogP contribution < -0.4 is 10.6 Å². The van der Waals surface area contributed by atoms with Crippen LogP contribution >= 0.6 is 0 Å². The Bertz CT molecular complexity index is 477. The second-order valence-electron chi connectivity index (χ2n) is 4.24. The molecule has 0 heterocycles. The molecule has 0 fully saturated rings. The van der Waals surface area contributed by atoms with Crippen LogP contribution in [-0.4, -0.2) is 25.2 Å². The summed E-state index contributed by atoms with van der Waals surface area (Å²) in [6.45, 7) is 3.30. The Hall–Kier alpha value is -2.11. The van der Waals surface area contributed by atoms with Gasteiger partial charge in [0.05, 0.1) is 13.5 Å². The van der Waals surface area contributed by atoms with Crippen LogP contribution in [0.3, 0.4) is 0 Å². The zero-order valence-electron chi connectivity index (χ0n) is 11.1. The molecule has 104 valence electrons. The van der Waals surface area contributed by atoms with Crippen molar-refractivity contribution >= 4 is 17.7 Å². The highest BCUT2D eigenvalue weighted by atomic mass is 19.1. The van der Waals surface area contributed by atoms with Crippen molar-refractivity contribution in [3.05, 3.63) is 29.6 Å². The van der Waals surface area contributed by atoms with Gasteiger partial charge in [-0.3, -0.25) is 4.79 Å². The first-order valence-electron chi connectivity index (χ1n) is 5.83. The van der Waals surface area contributed by atoms with Crippen LogP contribution in [0.5, 0.6) is 0 Å². The summed E-state index contributed by atoms with van der Waals surface area (Å²) in [5.41, 5.74) is 0.932. The van der Waals surface area contributed by atoms with Gasteiger partial charge in [-0.25, -0.2) is 9.18 Å². The van der Waals surface area contributed by atoms with E-state index in [0.717, 1.165) is 0 Å².